The maximum atomic E-state index is 9.08. The van der Waals surface area contributed by atoms with Gasteiger partial charge >= 0.3 is 0 Å². The molecule has 0 N–H and O–H groups in total. The minimum Gasteiger partial charge on any atom is -0.510 e. The van der Waals surface area contributed by atoms with Gasteiger partial charge in [0, 0.05) is 49.7 Å². The van der Waals surface area contributed by atoms with Crippen LogP contribution in [-0.2, 0) is 31.9 Å². The van der Waals surface area contributed by atoms with Crippen LogP contribution in [-0.4, -0.2) is 14.1 Å². The molecule has 3 aromatic heterocycles. The predicted octanol–water partition coefficient (Wildman–Crippen LogP) is 17.1. The number of rotatable bonds is 9. The summed E-state index contributed by atoms with van der Waals surface area (Å²) in [6.45, 7) is 13.8. The molecule has 0 atom stereocenters. The minimum atomic E-state index is -0.572. The number of hydrogen-bond donors (Lipinski definition) is 0. The molecule has 0 radical (unpaired) electrons. The Hall–Kier alpha value is -7.33. The Morgan fingerprint density at radius 1 is 0.608 bits per heavy atom. The first-order valence-electron chi connectivity index (χ1n) is 30.1. The minimum absolute atomic E-state index is 0. The number of imidazole rings is 1. The van der Waals surface area contributed by atoms with Crippen molar-refractivity contribution in [3.8, 4) is 62.1 Å². The number of hydrogen-bond acceptors (Lipinski definition) is 2. The summed E-state index contributed by atoms with van der Waals surface area (Å²) in [5.74, 6) is 1.55. The Morgan fingerprint density at radius 2 is 1.28 bits per heavy atom. The summed E-state index contributed by atoms with van der Waals surface area (Å²) in [5, 5.41) is 2.03. The molecule has 0 unspecified atom stereocenters. The molecule has 0 saturated heterocycles. The van der Waals surface area contributed by atoms with Crippen molar-refractivity contribution < 1.29 is 44.1 Å². The van der Waals surface area contributed by atoms with Gasteiger partial charge in [0.1, 0.15) is 5.82 Å². The van der Waals surface area contributed by atoms with Crippen molar-refractivity contribution in [1.29, 1.82) is 0 Å². The molecule has 5 nitrogen and oxygen atoms in total. The van der Waals surface area contributed by atoms with Gasteiger partial charge in [-0.05, 0) is 97.5 Å². The molecule has 1 saturated carbocycles. The van der Waals surface area contributed by atoms with Crippen molar-refractivity contribution in [3.63, 3.8) is 0 Å². The largest absolute Gasteiger partial charge is 0.510 e. The summed E-state index contributed by atoms with van der Waals surface area (Å²) in [6.07, 6.45) is 11.4. The van der Waals surface area contributed by atoms with Crippen LogP contribution >= 0.6 is 0 Å². The van der Waals surface area contributed by atoms with Gasteiger partial charge in [-0.1, -0.05) is 206 Å². The Morgan fingerprint density at radius 3 is 2.00 bits per heavy atom. The van der Waals surface area contributed by atoms with Crippen LogP contribution in [0.2, 0.25) is 0 Å². The van der Waals surface area contributed by atoms with Crippen molar-refractivity contribution in [1.82, 2.24) is 14.1 Å². The fourth-order valence-electron chi connectivity index (χ4n) is 11.1. The van der Waals surface area contributed by atoms with Crippen molar-refractivity contribution >= 4 is 32.8 Å². The Labute approximate surface area is 464 Å². The second kappa shape index (κ2) is 19.5. The number of aromatic nitrogens is 4. The molecule has 0 spiro atoms. The van der Waals surface area contributed by atoms with Crippen LogP contribution in [0, 0.1) is 23.9 Å². The quantitative estimate of drug-likeness (QED) is 0.107. The zero-order chi connectivity index (χ0) is 58.6. The van der Waals surface area contributed by atoms with E-state index in [4.69, 9.17) is 23.4 Å². The second-order valence-corrected chi connectivity index (χ2v) is 21.2. The van der Waals surface area contributed by atoms with E-state index in [2.05, 4.69) is 125 Å². The molecular weight excluding hydrogens is 1080 g/mol. The molecule has 11 aromatic rings. The van der Waals surface area contributed by atoms with Gasteiger partial charge in [-0.15, -0.1) is 29.7 Å². The Kier molecular flexibility index (Phi) is 10.1. The summed E-state index contributed by atoms with van der Waals surface area (Å²) in [4.78, 5) is 4.96. The second-order valence-electron chi connectivity index (χ2n) is 21.2. The fourth-order valence-corrected chi connectivity index (χ4v) is 11.1. The van der Waals surface area contributed by atoms with Crippen molar-refractivity contribution in [2.75, 3.05) is 0 Å². The first-order valence-corrected chi connectivity index (χ1v) is 25.1. The van der Waals surface area contributed by atoms with E-state index in [-0.39, 0.29) is 65.3 Å². The SMILES string of the molecule is [2H]c1c([2H])c([2H])c(-c2cccc(-c3c([2H])c([2H])c([2H])c([2H])c3[2H])c2-[n+]2[c-]n(-c3[c-]c(Oc4[c-]c5c(cc4)c4cc(-c6cccc(C7(C(C)(C)C)CCCCC7)c6)ccc4n5-c4cc(C(C)(C)C)ccn4)ccc3)c3ccccc32)c([2H])c1[2H].[Pt]. The van der Waals surface area contributed by atoms with Gasteiger partial charge in [-0.3, -0.25) is 4.57 Å². The molecule has 12 rings (SSSR count). The van der Waals surface area contributed by atoms with Crippen LogP contribution in [0.3, 0.4) is 0 Å². The average Bonchev–Trinajstić information content (AvgIpc) is 2.53. The molecule has 1 aliphatic carbocycles. The van der Waals surface area contributed by atoms with Crippen LogP contribution in [0.15, 0.2) is 194 Å². The van der Waals surface area contributed by atoms with Crippen LogP contribution in [0.1, 0.15) is 98.5 Å². The van der Waals surface area contributed by atoms with Crippen molar-refractivity contribution in [2.45, 2.75) is 84.5 Å². The molecule has 1 fully saturated rings. The summed E-state index contributed by atoms with van der Waals surface area (Å²) in [6, 6.07) is 43.5. The number of nitrogens with zero attached hydrogens (tertiary/aromatic N) is 4. The molecule has 0 aliphatic heterocycles. The number of fused-ring (bicyclic) bond motifs is 4. The molecule has 1 aliphatic rings. The molecule has 370 valence electrons. The topological polar surface area (TPSA) is 35.9 Å². The summed E-state index contributed by atoms with van der Waals surface area (Å²) >= 11 is 0. The Bertz CT molecular complexity index is 4310. The third kappa shape index (κ3) is 8.79. The number of benzene rings is 8. The van der Waals surface area contributed by atoms with Crippen LogP contribution < -0.4 is 9.30 Å². The van der Waals surface area contributed by atoms with Crippen molar-refractivity contribution in [3.05, 3.63) is 224 Å². The average molecular weight is 1150 g/mol. The molecule has 3 heterocycles. The van der Waals surface area contributed by atoms with Crippen LogP contribution in [0.5, 0.6) is 11.5 Å². The third-order valence-electron chi connectivity index (χ3n) is 15.0. The van der Waals surface area contributed by atoms with Gasteiger partial charge < -0.3 is 13.9 Å². The zero-order valence-electron chi connectivity index (χ0n) is 52.3. The summed E-state index contributed by atoms with van der Waals surface area (Å²) < 4.78 is 99.9. The Balaban J connectivity index is 0.00000736. The predicted molar refractivity (Wildman–Crippen MR) is 299 cm³/mol. The van der Waals surface area contributed by atoms with Gasteiger partial charge in [0.15, 0.2) is 0 Å². The molecule has 6 heteroatoms. The van der Waals surface area contributed by atoms with Gasteiger partial charge in [0.2, 0.25) is 0 Å². The van der Waals surface area contributed by atoms with E-state index in [1.807, 2.05) is 48.7 Å². The van der Waals surface area contributed by atoms with E-state index in [0.29, 0.717) is 28.2 Å². The van der Waals surface area contributed by atoms with E-state index >= 15 is 0 Å². The van der Waals surface area contributed by atoms with Crippen LogP contribution in [0.4, 0.5) is 0 Å². The van der Waals surface area contributed by atoms with E-state index in [1.165, 1.54) is 43.2 Å². The monoisotopic (exact) mass is 1150 g/mol. The number of pyridine rings is 1. The first-order chi connectivity index (χ1) is 39.6. The van der Waals surface area contributed by atoms with E-state index in [9.17, 15) is 0 Å². The van der Waals surface area contributed by atoms with Gasteiger partial charge in [0.25, 0.3) is 6.33 Å². The number of ether oxygens (including phenoxy) is 1. The smallest absolute Gasteiger partial charge is 0.268 e. The van der Waals surface area contributed by atoms with Gasteiger partial charge in [-0.25, -0.2) is 4.98 Å². The third-order valence-corrected chi connectivity index (χ3v) is 15.0. The maximum absolute atomic E-state index is 9.08. The molecule has 74 heavy (non-hydrogen) atoms. The summed E-state index contributed by atoms with van der Waals surface area (Å²) in [5.41, 5.74) is 8.49. The standard InChI is InChI=1S/C68H60N4O.Pt/c1-66(2,3)51-37-40-69-64(43-51)72-60-36-33-50(49-25-18-26-52(41-49)68(67(4,5)6)38-16-9-17-39-68)42-59(60)58-35-34-55(45-63(58)72)73-54-28-19-27-53(44-54)70-46-71(62-32-15-14-31-61(62)70)65-56(47-21-10-7-11-22-47)29-20-30-57(65)48-23-12-8-13-24-48;/h7-8,10-15,18-37,40-43H,9,16-17,38-39H2,1-6H3;/q-2;/i7D,8D,10D,11D,12D,13D,21D,22D,23D,24D;. The zero-order valence-corrected chi connectivity index (χ0v) is 44.5. The maximum Gasteiger partial charge on any atom is 0.268 e. The van der Waals surface area contributed by atoms with Gasteiger partial charge in [0.05, 0.1) is 30.4 Å². The van der Waals surface area contributed by atoms with Crippen molar-refractivity contribution in [2.24, 2.45) is 5.41 Å². The number of para-hydroxylation sites is 3. The van der Waals surface area contributed by atoms with E-state index < -0.39 is 60.4 Å². The molecular formula is C68H60N4OPt-2. The molecule has 0 bridgehead atoms. The van der Waals surface area contributed by atoms with E-state index in [0.717, 1.165) is 38.8 Å². The summed E-state index contributed by atoms with van der Waals surface area (Å²) in [7, 11) is 0. The van der Waals surface area contributed by atoms with E-state index in [1.54, 1.807) is 33.4 Å². The normalized spacial score (nSPS) is 15.7. The molecule has 0 amide bonds. The first kappa shape index (κ1) is 38.3. The molecule has 8 aromatic carbocycles. The van der Waals surface area contributed by atoms with Crippen LogP contribution in [0.25, 0.3) is 83.4 Å². The van der Waals surface area contributed by atoms with Gasteiger partial charge in [-0.2, -0.15) is 18.2 Å². The fraction of sp³-hybridized carbons (Fsp3) is 0.206.